The minimum Gasteiger partial charge on any atom is -0.508 e. The largest absolute Gasteiger partial charge is 0.508 e. The predicted molar refractivity (Wildman–Crippen MR) is 95.0 cm³/mol. The average molecular weight is 360 g/mol. The van der Waals surface area contributed by atoms with Gasteiger partial charge in [-0.1, -0.05) is 6.07 Å². The van der Waals surface area contributed by atoms with Crippen LogP contribution < -0.4 is 4.74 Å². The summed E-state index contributed by atoms with van der Waals surface area (Å²) in [5.41, 5.74) is 0. The number of benzene rings is 1. The van der Waals surface area contributed by atoms with Crippen LogP contribution in [0.2, 0.25) is 0 Å². The van der Waals surface area contributed by atoms with E-state index in [1.807, 2.05) is 17.5 Å². The molecule has 1 unspecified atom stereocenters. The first-order valence-electron chi connectivity index (χ1n) is 8.12. The number of hydrogen-bond acceptors (Lipinski definition) is 5. The molecule has 0 bridgehead atoms. The topological polar surface area (TPSA) is 70.1 Å². The summed E-state index contributed by atoms with van der Waals surface area (Å²) in [5.74, 6) is 0.606. The Hall–Kier alpha value is -2.54. The molecule has 0 saturated carbocycles. The lowest BCUT2D eigenvalue weighted by molar-refractivity contribution is -0.139. The molecule has 0 aliphatic carbocycles. The van der Waals surface area contributed by atoms with Gasteiger partial charge in [0.1, 0.15) is 11.5 Å². The number of hydrogen-bond donors (Lipinski definition) is 1. The molecule has 1 aliphatic rings. The summed E-state index contributed by atoms with van der Waals surface area (Å²) < 4.78 is 5.64. The highest BCUT2D eigenvalue weighted by Crippen LogP contribution is 2.18. The van der Waals surface area contributed by atoms with Crippen molar-refractivity contribution in [2.45, 2.75) is 13.0 Å². The summed E-state index contributed by atoms with van der Waals surface area (Å²) in [5, 5.41) is 11.2. The van der Waals surface area contributed by atoms with Crippen molar-refractivity contribution in [3.05, 3.63) is 46.7 Å². The Morgan fingerprint density at radius 3 is 2.32 bits per heavy atom. The molecule has 132 valence electrons. The van der Waals surface area contributed by atoms with Crippen LogP contribution in [0.4, 0.5) is 0 Å². The van der Waals surface area contributed by atoms with E-state index < -0.39 is 6.10 Å². The van der Waals surface area contributed by atoms with Gasteiger partial charge >= 0.3 is 0 Å². The van der Waals surface area contributed by atoms with Gasteiger partial charge in [0.05, 0.1) is 4.88 Å². The number of amides is 2. The molecule has 25 heavy (non-hydrogen) atoms. The first kappa shape index (κ1) is 17.3. The zero-order valence-corrected chi connectivity index (χ0v) is 14.7. The first-order valence-corrected chi connectivity index (χ1v) is 9.00. The smallest absolute Gasteiger partial charge is 0.264 e. The van der Waals surface area contributed by atoms with Gasteiger partial charge in [0.25, 0.3) is 11.8 Å². The zero-order valence-electron chi connectivity index (χ0n) is 13.9. The van der Waals surface area contributed by atoms with Crippen LogP contribution in [0.5, 0.6) is 11.5 Å². The van der Waals surface area contributed by atoms with Crippen LogP contribution in [0.3, 0.4) is 0 Å². The Balaban J connectivity index is 1.52. The standard InChI is InChI=1S/C18H20N2O4S/c1-13(24-15-6-4-14(21)5-7-15)17(22)19-8-10-20(11-9-19)18(23)16-3-2-12-25-16/h2-7,12-13,21H,8-11H2,1H3. The van der Waals surface area contributed by atoms with Crippen LogP contribution in [0.25, 0.3) is 0 Å². The second-order valence-corrected chi connectivity index (χ2v) is 6.80. The summed E-state index contributed by atoms with van der Waals surface area (Å²) in [6.45, 7) is 3.75. The molecule has 1 fully saturated rings. The number of rotatable bonds is 4. The summed E-state index contributed by atoms with van der Waals surface area (Å²) in [4.78, 5) is 29.1. The van der Waals surface area contributed by atoms with Crippen molar-refractivity contribution < 1.29 is 19.4 Å². The Kier molecular flexibility index (Phi) is 5.23. The monoisotopic (exact) mass is 360 g/mol. The maximum Gasteiger partial charge on any atom is 0.264 e. The van der Waals surface area contributed by atoms with Gasteiger partial charge in [0.15, 0.2) is 6.10 Å². The molecule has 2 aromatic rings. The molecular formula is C18H20N2O4S. The van der Waals surface area contributed by atoms with Gasteiger partial charge < -0.3 is 19.6 Å². The van der Waals surface area contributed by atoms with Crippen molar-refractivity contribution in [3.8, 4) is 11.5 Å². The molecule has 1 atom stereocenters. The quantitative estimate of drug-likeness (QED) is 0.908. The van der Waals surface area contributed by atoms with Gasteiger partial charge in [-0.05, 0) is 42.6 Å². The van der Waals surface area contributed by atoms with E-state index in [4.69, 9.17) is 4.74 Å². The fourth-order valence-corrected chi connectivity index (χ4v) is 3.41. The van der Waals surface area contributed by atoms with Crippen LogP contribution in [-0.2, 0) is 4.79 Å². The molecule has 7 heteroatoms. The SMILES string of the molecule is CC(Oc1ccc(O)cc1)C(=O)N1CCN(C(=O)c2cccs2)CC1. The van der Waals surface area contributed by atoms with Gasteiger partial charge in [0, 0.05) is 26.2 Å². The van der Waals surface area contributed by atoms with E-state index in [2.05, 4.69) is 0 Å². The lowest BCUT2D eigenvalue weighted by Crippen LogP contribution is -2.53. The number of nitrogens with zero attached hydrogens (tertiary/aromatic N) is 2. The molecule has 1 aromatic heterocycles. The van der Waals surface area contributed by atoms with Crippen LogP contribution >= 0.6 is 11.3 Å². The van der Waals surface area contributed by atoms with Crippen LogP contribution in [0.15, 0.2) is 41.8 Å². The third-order valence-electron chi connectivity index (χ3n) is 4.11. The molecule has 1 aromatic carbocycles. The van der Waals surface area contributed by atoms with E-state index in [1.54, 1.807) is 28.9 Å². The lowest BCUT2D eigenvalue weighted by atomic mass is 10.2. The Labute approximate surface area is 150 Å². The highest BCUT2D eigenvalue weighted by Gasteiger charge is 2.28. The minimum absolute atomic E-state index is 0.0236. The molecule has 1 aliphatic heterocycles. The average Bonchev–Trinajstić information content (AvgIpc) is 3.17. The molecule has 0 spiro atoms. The Morgan fingerprint density at radius 1 is 1.08 bits per heavy atom. The van der Waals surface area contributed by atoms with E-state index in [0.29, 0.717) is 31.9 Å². The van der Waals surface area contributed by atoms with E-state index in [9.17, 15) is 14.7 Å². The fraction of sp³-hybridized carbons (Fsp3) is 0.333. The van der Waals surface area contributed by atoms with Gasteiger partial charge in [-0.3, -0.25) is 9.59 Å². The lowest BCUT2D eigenvalue weighted by Gasteiger charge is -2.35. The van der Waals surface area contributed by atoms with E-state index in [0.717, 1.165) is 4.88 Å². The maximum absolute atomic E-state index is 12.5. The molecule has 6 nitrogen and oxygen atoms in total. The van der Waals surface area contributed by atoms with E-state index in [1.165, 1.54) is 23.5 Å². The van der Waals surface area contributed by atoms with E-state index >= 15 is 0 Å². The van der Waals surface area contributed by atoms with Gasteiger partial charge in [-0.2, -0.15) is 0 Å². The number of piperazine rings is 1. The van der Waals surface area contributed by atoms with Gasteiger partial charge in [-0.25, -0.2) is 0 Å². The van der Waals surface area contributed by atoms with Gasteiger partial charge in [-0.15, -0.1) is 11.3 Å². The minimum atomic E-state index is -0.621. The molecule has 1 saturated heterocycles. The summed E-state index contributed by atoms with van der Waals surface area (Å²) >= 11 is 1.43. The second-order valence-electron chi connectivity index (χ2n) is 5.85. The highest BCUT2D eigenvalue weighted by atomic mass is 32.1. The third kappa shape index (κ3) is 4.11. The van der Waals surface area contributed by atoms with Crippen molar-refractivity contribution in [1.82, 2.24) is 9.80 Å². The van der Waals surface area contributed by atoms with Crippen molar-refractivity contribution in [3.63, 3.8) is 0 Å². The molecule has 1 N–H and O–H groups in total. The van der Waals surface area contributed by atoms with Crippen LogP contribution in [0.1, 0.15) is 16.6 Å². The number of ether oxygens (including phenoxy) is 1. The molecule has 0 radical (unpaired) electrons. The third-order valence-corrected chi connectivity index (χ3v) is 4.97. The van der Waals surface area contributed by atoms with E-state index in [-0.39, 0.29) is 17.6 Å². The number of phenols is 1. The summed E-state index contributed by atoms with van der Waals surface area (Å²) in [6, 6.07) is 9.95. The number of phenolic OH excluding ortho intramolecular Hbond substituents is 1. The van der Waals surface area contributed by atoms with Crippen molar-refractivity contribution in [2.75, 3.05) is 26.2 Å². The fourth-order valence-electron chi connectivity index (χ4n) is 2.72. The predicted octanol–water partition coefficient (Wildman–Crippen LogP) is 2.21. The second kappa shape index (κ2) is 7.57. The van der Waals surface area contributed by atoms with Crippen LogP contribution in [-0.4, -0.2) is 59.0 Å². The number of carbonyl (C=O) groups excluding carboxylic acids is 2. The maximum atomic E-state index is 12.5. The highest BCUT2D eigenvalue weighted by molar-refractivity contribution is 7.12. The zero-order chi connectivity index (χ0) is 17.8. The number of carbonyl (C=O) groups is 2. The normalized spacial score (nSPS) is 15.7. The Morgan fingerprint density at radius 2 is 1.72 bits per heavy atom. The summed E-state index contributed by atoms with van der Waals surface area (Å²) in [7, 11) is 0. The van der Waals surface area contributed by atoms with Crippen molar-refractivity contribution in [1.29, 1.82) is 0 Å². The first-order chi connectivity index (χ1) is 12.0. The molecule has 2 heterocycles. The van der Waals surface area contributed by atoms with Crippen molar-refractivity contribution >= 4 is 23.2 Å². The molecule has 3 rings (SSSR count). The van der Waals surface area contributed by atoms with Gasteiger partial charge in [0.2, 0.25) is 0 Å². The molecule has 2 amide bonds. The Bertz CT molecular complexity index is 722. The number of aromatic hydroxyl groups is 1. The molecular weight excluding hydrogens is 340 g/mol. The van der Waals surface area contributed by atoms with Crippen molar-refractivity contribution in [2.24, 2.45) is 0 Å². The van der Waals surface area contributed by atoms with Crippen LogP contribution in [0, 0.1) is 0 Å². The number of thiophene rings is 1. The summed E-state index contributed by atoms with van der Waals surface area (Å²) in [6.07, 6.45) is -0.621.